The van der Waals surface area contributed by atoms with Crippen LogP contribution in [0.4, 0.5) is 10.5 Å². The zero-order valence-corrected chi connectivity index (χ0v) is 22.2. The molecule has 5 rings (SSSR count). The van der Waals surface area contributed by atoms with Crippen molar-refractivity contribution in [2.24, 2.45) is 0 Å². The SMILES string of the molecule is O=C(NCc1ccccc1)Nc1cccc([C@H]2O[C@@H](CSc3ccccn3)C[C@@H](c3ccc(CO)cc3)O2)c1. The number of rotatable bonds is 9. The Morgan fingerprint density at radius 1 is 0.897 bits per heavy atom. The summed E-state index contributed by atoms with van der Waals surface area (Å²) < 4.78 is 12.9. The standard InChI is InChI=1S/C31H31N3O4S/c35-20-23-12-14-24(15-13-23)28-18-27(21-39-29-11-4-5-16-32-29)37-30(38-28)25-9-6-10-26(17-25)34-31(36)33-19-22-7-2-1-3-8-22/h1-17,27-28,30,35H,18-21H2,(H2,33,34,36)/t27-,28+,30+/m1/s1. The number of pyridine rings is 1. The minimum absolute atomic E-state index is 0.000398. The fourth-order valence-corrected chi connectivity index (χ4v) is 5.23. The van der Waals surface area contributed by atoms with E-state index in [9.17, 15) is 9.90 Å². The van der Waals surface area contributed by atoms with Crippen molar-refractivity contribution in [3.63, 3.8) is 0 Å². The van der Waals surface area contributed by atoms with Gasteiger partial charge in [-0.2, -0.15) is 0 Å². The van der Waals surface area contributed by atoms with Gasteiger partial charge in [-0.1, -0.05) is 72.8 Å². The molecule has 39 heavy (non-hydrogen) atoms. The molecular weight excluding hydrogens is 510 g/mol. The Kier molecular flexibility index (Phi) is 9.24. The fraction of sp³-hybridized carbons (Fsp3) is 0.226. The van der Waals surface area contributed by atoms with Crippen LogP contribution in [0.1, 0.15) is 41.1 Å². The Morgan fingerprint density at radius 3 is 2.49 bits per heavy atom. The van der Waals surface area contributed by atoms with Crippen LogP contribution in [-0.4, -0.2) is 28.0 Å². The van der Waals surface area contributed by atoms with Crippen molar-refractivity contribution in [2.75, 3.05) is 11.1 Å². The van der Waals surface area contributed by atoms with Gasteiger partial charge in [-0.05, 0) is 41.0 Å². The summed E-state index contributed by atoms with van der Waals surface area (Å²) in [6, 6.07) is 30.7. The molecule has 7 nitrogen and oxygen atoms in total. The Hall–Kier alpha value is -3.69. The van der Waals surface area contributed by atoms with Crippen LogP contribution in [0.15, 0.2) is 108 Å². The van der Waals surface area contributed by atoms with Gasteiger partial charge in [0.15, 0.2) is 6.29 Å². The highest BCUT2D eigenvalue weighted by molar-refractivity contribution is 7.99. The zero-order chi connectivity index (χ0) is 26.9. The molecule has 8 heteroatoms. The molecule has 3 atom stereocenters. The summed E-state index contributed by atoms with van der Waals surface area (Å²) >= 11 is 1.65. The lowest BCUT2D eigenvalue weighted by Gasteiger charge is -2.36. The molecule has 1 saturated heterocycles. The van der Waals surface area contributed by atoms with Crippen molar-refractivity contribution in [1.29, 1.82) is 0 Å². The first-order chi connectivity index (χ1) is 19.2. The summed E-state index contributed by atoms with van der Waals surface area (Å²) in [4.78, 5) is 16.9. The predicted molar refractivity (Wildman–Crippen MR) is 152 cm³/mol. The monoisotopic (exact) mass is 541 g/mol. The van der Waals surface area contributed by atoms with Crippen LogP contribution in [0.25, 0.3) is 0 Å². The Morgan fingerprint density at radius 2 is 1.72 bits per heavy atom. The molecule has 3 aromatic carbocycles. The first-order valence-corrected chi connectivity index (χ1v) is 13.9. The zero-order valence-electron chi connectivity index (χ0n) is 21.4. The maximum atomic E-state index is 12.5. The van der Waals surface area contributed by atoms with E-state index in [2.05, 4.69) is 15.6 Å². The van der Waals surface area contributed by atoms with E-state index in [4.69, 9.17) is 9.47 Å². The van der Waals surface area contributed by atoms with Crippen molar-refractivity contribution >= 4 is 23.5 Å². The van der Waals surface area contributed by atoms with Crippen LogP contribution in [0.3, 0.4) is 0 Å². The Bertz CT molecular complexity index is 1340. The third kappa shape index (κ3) is 7.68. The number of benzene rings is 3. The number of carbonyl (C=O) groups excluding carboxylic acids is 1. The highest BCUT2D eigenvalue weighted by Crippen LogP contribution is 2.39. The number of ether oxygens (including phenoxy) is 2. The maximum absolute atomic E-state index is 12.5. The molecule has 2 heterocycles. The van der Waals surface area contributed by atoms with E-state index in [0.29, 0.717) is 18.7 Å². The minimum Gasteiger partial charge on any atom is -0.392 e. The van der Waals surface area contributed by atoms with Crippen molar-refractivity contribution in [3.8, 4) is 0 Å². The number of urea groups is 1. The molecule has 4 aromatic rings. The molecule has 1 aromatic heterocycles. The van der Waals surface area contributed by atoms with E-state index < -0.39 is 6.29 Å². The summed E-state index contributed by atoms with van der Waals surface area (Å²) in [5.41, 5.74) is 4.38. The van der Waals surface area contributed by atoms with Crippen LogP contribution in [0.2, 0.25) is 0 Å². The van der Waals surface area contributed by atoms with E-state index >= 15 is 0 Å². The fourth-order valence-electron chi connectivity index (χ4n) is 4.35. The van der Waals surface area contributed by atoms with E-state index in [-0.39, 0.29) is 24.8 Å². The third-order valence-corrected chi connectivity index (χ3v) is 7.46. The number of hydrogen-bond donors (Lipinski definition) is 3. The van der Waals surface area contributed by atoms with Crippen molar-refractivity contribution in [2.45, 2.75) is 43.1 Å². The van der Waals surface area contributed by atoms with Crippen LogP contribution >= 0.6 is 11.8 Å². The number of hydrogen-bond acceptors (Lipinski definition) is 6. The van der Waals surface area contributed by atoms with Gasteiger partial charge in [0, 0.05) is 36.2 Å². The number of aromatic nitrogens is 1. The lowest BCUT2D eigenvalue weighted by molar-refractivity contribution is -0.245. The van der Waals surface area contributed by atoms with Gasteiger partial charge in [-0.15, -0.1) is 11.8 Å². The molecule has 0 bridgehead atoms. The van der Waals surface area contributed by atoms with E-state index in [1.54, 1.807) is 18.0 Å². The van der Waals surface area contributed by atoms with Gasteiger partial charge >= 0.3 is 6.03 Å². The molecule has 0 aliphatic carbocycles. The van der Waals surface area contributed by atoms with Crippen molar-refractivity contribution < 1.29 is 19.4 Å². The van der Waals surface area contributed by atoms with Crippen LogP contribution < -0.4 is 10.6 Å². The van der Waals surface area contributed by atoms with Gasteiger partial charge in [0.1, 0.15) is 0 Å². The molecule has 0 saturated carbocycles. The van der Waals surface area contributed by atoms with Gasteiger partial charge in [0.2, 0.25) is 0 Å². The van der Waals surface area contributed by atoms with Crippen LogP contribution in [0.5, 0.6) is 0 Å². The van der Waals surface area contributed by atoms with Gasteiger partial charge in [0.05, 0.1) is 23.8 Å². The smallest absolute Gasteiger partial charge is 0.319 e. The Balaban J connectivity index is 1.28. The summed E-state index contributed by atoms with van der Waals surface area (Å²) in [7, 11) is 0. The highest BCUT2D eigenvalue weighted by Gasteiger charge is 2.32. The van der Waals surface area contributed by atoms with Gasteiger partial charge in [-0.3, -0.25) is 0 Å². The number of thioether (sulfide) groups is 1. The number of nitrogens with zero attached hydrogens (tertiary/aromatic N) is 1. The highest BCUT2D eigenvalue weighted by atomic mass is 32.2. The van der Waals surface area contributed by atoms with Crippen molar-refractivity contribution in [1.82, 2.24) is 10.3 Å². The second-order valence-corrected chi connectivity index (χ2v) is 10.3. The van der Waals surface area contributed by atoms with Crippen LogP contribution in [0, 0.1) is 0 Å². The first kappa shape index (κ1) is 26.9. The molecule has 3 N–H and O–H groups in total. The molecule has 0 unspecified atom stereocenters. The van der Waals surface area contributed by atoms with E-state index in [1.165, 1.54) is 0 Å². The van der Waals surface area contributed by atoms with Gasteiger partial charge < -0.3 is 25.2 Å². The molecule has 0 radical (unpaired) electrons. The van der Waals surface area contributed by atoms with Crippen LogP contribution in [-0.2, 0) is 22.6 Å². The second kappa shape index (κ2) is 13.4. The second-order valence-electron chi connectivity index (χ2n) is 9.25. The van der Waals surface area contributed by atoms with E-state index in [1.807, 2.05) is 97.1 Å². The topological polar surface area (TPSA) is 92.7 Å². The minimum atomic E-state index is -0.607. The maximum Gasteiger partial charge on any atom is 0.319 e. The van der Waals surface area contributed by atoms with Gasteiger partial charge in [-0.25, -0.2) is 9.78 Å². The molecule has 1 aliphatic rings. The summed E-state index contributed by atoms with van der Waals surface area (Å²) in [6.07, 6.45) is 1.61. The number of aliphatic hydroxyl groups excluding tert-OH is 1. The third-order valence-electron chi connectivity index (χ3n) is 6.38. The molecule has 1 fully saturated rings. The molecule has 1 aliphatic heterocycles. The average molecular weight is 542 g/mol. The quantitative estimate of drug-likeness (QED) is 0.218. The van der Waals surface area contributed by atoms with Crippen molar-refractivity contribution in [3.05, 3.63) is 126 Å². The molecule has 0 spiro atoms. The number of amides is 2. The van der Waals surface area contributed by atoms with Gasteiger partial charge in [0.25, 0.3) is 0 Å². The predicted octanol–water partition coefficient (Wildman–Crippen LogP) is 6.23. The summed E-state index contributed by atoms with van der Waals surface area (Å²) in [5, 5.41) is 16.2. The molecule has 2 amide bonds. The number of nitrogens with one attached hydrogen (secondary N) is 2. The van der Waals surface area contributed by atoms with E-state index in [0.717, 1.165) is 33.0 Å². The summed E-state index contributed by atoms with van der Waals surface area (Å²) in [5.74, 6) is 0.724. The number of carbonyl (C=O) groups is 1. The normalized spacial score (nSPS) is 18.8. The molecule has 200 valence electrons. The number of anilines is 1. The average Bonchev–Trinajstić information content (AvgIpc) is 3.00. The summed E-state index contributed by atoms with van der Waals surface area (Å²) in [6.45, 7) is 0.438. The molecular formula is C31H31N3O4S. The largest absolute Gasteiger partial charge is 0.392 e. The Labute approximate surface area is 232 Å². The lowest BCUT2D eigenvalue weighted by Crippen LogP contribution is -2.31. The lowest BCUT2D eigenvalue weighted by atomic mass is 10.0. The first-order valence-electron chi connectivity index (χ1n) is 12.9. The number of aliphatic hydroxyl groups is 1.